The lowest BCUT2D eigenvalue weighted by Crippen LogP contribution is -2.36. The van der Waals surface area contributed by atoms with Gasteiger partial charge in [-0.3, -0.25) is 4.79 Å². The van der Waals surface area contributed by atoms with Gasteiger partial charge in [0.2, 0.25) is 0 Å². The van der Waals surface area contributed by atoms with Crippen molar-refractivity contribution in [3.05, 3.63) is 29.3 Å². The number of anilines is 1. The molecule has 4 nitrogen and oxygen atoms in total. The van der Waals surface area contributed by atoms with E-state index in [2.05, 4.69) is 0 Å². The Balaban J connectivity index is 3.01. The summed E-state index contributed by atoms with van der Waals surface area (Å²) in [6.45, 7) is 1.42. The van der Waals surface area contributed by atoms with Gasteiger partial charge in [0, 0.05) is 10.7 Å². The maximum atomic E-state index is 10.7. The molecule has 0 bridgehead atoms. The molecule has 0 spiro atoms. The van der Waals surface area contributed by atoms with Gasteiger partial charge < -0.3 is 10.0 Å². The SMILES string of the molecule is CC(C#N)N(CC(=O)O)c1cccc(Cl)c1. The van der Waals surface area contributed by atoms with Crippen LogP contribution in [0.25, 0.3) is 0 Å². The number of halogens is 1. The number of hydrogen-bond donors (Lipinski definition) is 1. The van der Waals surface area contributed by atoms with E-state index in [1.54, 1.807) is 31.2 Å². The molecular weight excluding hydrogens is 228 g/mol. The van der Waals surface area contributed by atoms with E-state index >= 15 is 0 Å². The van der Waals surface area contributed by atoms with Crippen LogP contribution in [-0.2, 0) is 4.79 Å². The van der Waals surface area contributed by atoms with Gasteiger partial charge in [0.1, 0.15) is 12.6 Å². The minimum absolute atomic E-state index is 0.227. The average Bonchev–Trinajstić information content (AvgIpc) is 2.24. The van der Waals surface area contributed by atoms with E-state index < -0.39 is 12.0 Å². The fourth-order valence-corrected chi connectivity index (χ4v) is 1.51. The summed E-state index contributed by atoms with van der Waals surface area (Å²) in [6, 6.07) is 8.27. The van der Waals surface area contributed by atoms with Crippen LogP contribution in [0.4, 0.5) is 5.69 Å². The van der Waals surface area contributed by atoms with Gasteiger partial charge in [0.25, 0.3) is 0 Å². The summed E-state index contributed by atoms with van der Waals surface area (Å²) in [6.07, 6.45) is 0. The van der Waals surface area contributed by atoms with Gasteiger partial charge in [0.15, 0.2) is 0 Å². The van der Waals surface area contributed by atoms with Crippen molar-refractivity contribution in [2.45, 2.75) is 13.0 Å². The van der Waals surface area contributed by atoms with Gasteiger partial charge in [-0.1, -0.05) is 17.7 Å². The molecule has 0 heterocycles. The van der Waals surface area contributed by atoms with Crippen molar-refractivity contribution < 1.29 is 9.90 Å². The Bertz CT molecular complexity index is 428. The second kappa shape index (κ2) is 5.38. The summed E-state index contributed by atoms with van der Waals surface area (Å²) in [5, 5.41) is 18.1. The van der Waals surface area contributed by atoms with Crippen molar-refractivity contribution in [3.8, 4) is 6.07 Å². The highest BCUT2D eigenvalue weighted by Crippen LogP contribution is 2.21. The number of hydrogen-bond acceptors (Lipinski definition) is 3. The van der Waals surface area contributed by atoms with Crippen LogP contribution < -0.4 is 4.90 Å². The van der Waals surface area contributed by atoms with Crippen molar-refractivity contribution >= 4 is 23.3 Å². The third-order valence-corrected chi connectivity index (χ3v) is 2.33. The van der Waals surface area contributed by atoms with E-state index in [4.69, 9.17) is 22.0 Å². The molecule has 1 aromatic carbocycles. The number of carboxylic acid groups (broad SMARTS) is 1. The summed E-state index contributed by atoms with van der Waals surface area (Å²) in [7, 11) is 0. The Hall–Kier alpha value is -1.73. The van der Waals surface area contributed by atoms with Gasteiger partial charge in [-0.25, -0.2) is 0 Å². The molecule has 1 atom stereocenters. The molecular formula is C11H11ClN2O2. The Kier molecular flexibility index (Phi) is 4.15. The molecule has 5 heteroatoms. The highest BCUT2D eigenvalue weighted by atomic mass is 35.5. The standard InChI is InChI=1S/C11H11ClN2O2/c1-8(6-13)14(7-11(15)16)10-4-2-3-9(12)5-10/h2-5,8H,7H2,1H3,(H,15,16). The summed E-state index contributed by atoms with van der Waals surface area (Å²) < 4.78 is 0. The number of nitrogens with zero attached hydrogens (tertiary/aromatic N) is 2. The number of nitriles is 1. The molecule has 1 N–H and O–H groups in total. The molecule has 0 fully saturated rings. The Morgan fingerprint density at radius 1 is 1.69 bits per heavy atom. The van der Waals surface area contributed by atoms with Crippen molar-refractivity contribution in [2.75, 3.05) is 11.4 Å². The normalized spacial score (nSPS) is 11.6. The molecule has 0 radical (unpaired) electrons. The first-order valence-electron chi connectivity index (χ1n) is 4.68. The van der Waals surface area contributed by atoms with Gasteiger partial charge in [-0.15, -0.1) is 0 Å². The first-order chi connectivity index (χ1) is 7.54. The predicted octanol–water partition coefficient (Wildman–Crippen LogP) is 2.14. The van der Waals surface area contributed by atoms with Crippen LogP contribution in [0, 0.1) is 11.3 Å². The van der Waals surface area contributed by atoms with E-state index in [0.717, 1.165) is 0 Å². The van der Waals surface area contributed by atoms with Crippen LogP contribution in [0.5, 0.6) is 0 Å². The zero-order chi connectivity index (χ0) is 12.1. The van der Waals surface area contributed by atoms with Crippen molar-refractivity contribution in [1.82, 2.24) is 0 Å². The van der Waals surface area contributed by atoms with Gasteiger partial charge in [-0.05, 0) is 25.1 Å². The van der Waals surface area contributed by atoms with Gasteiger partial charge in [0.05, 0.1) is 6.07 Å². The molecule has 0 aromatic heterocycles. The van der Waals surface area contributed by atoms with Crippen LogP contribution in [0.1, 0.15) is 6.92 Å². The third-order valence-electron chi connectivity index (χ3n) is 2.10. The van der Waals surface area contributed by atoms with Crippen molar-refractivity contribution in [3.63, 3.8) is 0 Å². The second-order valence-electron chi connectivity index (χ2n) is 3.31. The summed E-state index contributed by atoms with van der Waals surface area (Å²) in [4.78, 5) is 12.2. The van der Waals surface area contributed by atoms with Crippen LogP contribution in [-0.4, -0.2) is 23.7 Å². The molecule has 0 saturated heterocycles. The minimum atomic E-state index is -0.984. The molecule has 1 aromatic rings. The lowest BCUT2D eigenvalue weighted by molar-refractivity contribution is -0.135. The highest BCUT2D eigenvalue weighted by molar-refractivity contribution is 6.30. The minimum Gasteiger partial charge on any atom is -0.480 e. The lowest BCUT2D eigenvalue weighted by atomic mass is 10.2. The smallest absolute Gasteiger partial charge is 0.323 e. The Labute approximate surface area is 98.7 Å². The van der Waals surface area contributed by atoms with Gasteiger partial charge in [-0.2, -0.15) is 5.26 Å². The summed E-state index contributed by atoms with van der Waals surface area (Å²) >= 11 is 5.82. The molecule has 0 aliphatic heterocycles. The number of carboxylic acids is 1. The molecule has 0 aliphatic carbocycles. The predicted molar refractivity (Wildman–Crippen MR) is 61.5 cm³/mol. The van der Waals surface area contributed by atoms with Crippen molar-refractivity contribution in [1.29, 1.82) is 5.26 Å². The molecule has 16 heavy (non-hydrogen) atoms. The lowest BCUT2D eigenvalue weighted by Gasteiger charge is -2.25. The molecule has 0 saturated carbocycles. The van der Waals surface area contributed by atoms with E-state index in [1.807, 2.05) is 6.07 Å². The van der Waals surface area contributed by atoms with Crippen LogP contribution >= 0.6 is 11.6 Å². The van der Waals surface area contributed by atoms with Crippen LogP contribution in [0.15, 0.2) is 24.3 Å². The summed E-state index contributed by atoms with van der Waals surface area (Å²) in [5.74, 6) is -0.984. The molecule has 84 valence electrons. The quantitative estimate of drug-likeness (QED) is 0.873. The van der Waals surface area contributed by atoms with E-state index in [0.29, 0.717) is 10.7 Å². The molecule has 0 amide bonds. The van der Waals surface area contributed by atoms with Crippen molar-refractivity contribution in [2.24, 2.45) is 0 Å². The van der Waals surface area contributed by atoms with Gasteiger partial charge >= 0.3 is 5.97 Å². The van der Waals surface area contributed by atoms with E-state index in [-0.39, 0.29) is 6.54 Å². The average molecular weight is 239 g/mol. The second-order valence-corrected chi connectivity index (χ2v) is 3.74. The monoisotopic (exact) mass is 238 g/mol. The summed E-state index contributed by atoms with van der Waals surface area (Å²) in [5.41, 5.74) is 0.629. The van der Waals surface area contributed by atoms with Crippen LogP contribution in [0.2, 0.25) is 5.02 Å². The maximum absolute atomic E-state index is 10.7. The topological polar surface area (TPSA) is 64.3 Å². The molecule has 1 unspecified atom stereocenters. The highest BCUT2D eigenvalue weighted by Gasteiger charge is 2.17. The zero-order valence-corrected chi connectivity index (χ0v) is 9.48. The number of carbonyl (C=O) groups is 1. The fourth-order valence-electron chi connectivity index (χ4n) is 1.32. The van der Waals surface area contributed by atoms with E-state index in [1.165, 1.54) is 4.90 Å². The first-order valence-corrected chi connectivity index (χ1v) is 5.06. The number of benzene rings is 1. The Morgan fingerprint density at radius 2 is 2.38 bits per heavy atom. The number of rotatable bonds is 4. The molecule has 0 aliphatic rings. The molecule has 1 rings (SSSR count). The third kappa shape index (κ3) is 3.14. The number of aliphatic carboxylic acids is 1. The van der Waals surface area contributed by atoms with E-state index in [9.17, 15) is 4.79 Å². The largest absolute Gasteiger partial charge is 0.480 e. The van der Waals surface area contributed by atoms with Crippen LogP contribution in [0.3, 0.4) is 0 Å². The zero-order valence-electron chi connectivity index (χ0n) is 8.72. The first kappa shape index (κ1) is 12.3. The Morgan fingerprint density at radius 3 is 2.88 bits per heavy atom. The fraction of sp³-hybridized carbons (Fsp3) is 0.273. The maximum Gasteiger partial charge on any atom is 0.323 e.